The number of pyridine rings is 1. The number of oxazole rings is 1. The number of carbonyl (C=O) groups excluding carboxylic acids is 1. The van der Waals surface area contributed by atoms with Crippen LogP contribution in [0.4, 0.5) is 0 Å². The van der Waals surface area contributed by atoms with Gasteiger partial charge in [-0.1, -0.05) is 13.0 Å². The van der Waals surface area contributed by atoms with Crippen LogP contribution in [0.5, 0.6) is 0 Å². The first kappa shape index (κ1) is 17.5. The third-order valence-corrected chi connectivity index (χ3v) is 5.06. The average molecular weight is 365 g/mol. The van der Waals surface area contributed by atoms with E-state index in [2.05, 4.69) is 25.6 Å². The minimum absolute atomic E-state index is 0.0457. The topological polar surface area (TPSA) is 77.0 Å². The third-order valence-electron chi connectivity index (χ3n) is 5.06. The zero-order valence-corrected chi connectivity index (χ0v) is 15.4. The highest BCUT2D eigenvalue weighted by Gasteiger charge is 2.30. The molecule has 3 aromatic heterocycles. The Labute approximate surface area is 158 Å². The first-order valence-electron chi connectivity index (χ1n) is 9.37. The minimum Gasteiger partial charge on any atom is -0.448 e. The van der Waals surface area contributed by atoms with Gasteiger partial charge in [0.1, 0.15) is 11.6 Å². The van der Waals surface area contributed by atoms with Crippen LogP contribution in [0.3, 0.4) is 0 Å². The molecule has 3 aromatic rings. The van der Waals surface area contributed by atoms with Gasteiger partial charge in [-0.2, -0.15) is 0 Å². The van der Waals surface area contributed by atoms with Gasteiger partial charge in [-0.25, -0.2) is 9.97 Å². The molecule has 7 heteroatoms. The number of piperidine rings is 1. The SMILES string of the molecule is CCc1ocnc1C(=O)N1CCCC(c2nccn2Cc2cccnc2)C1. The molecule has 0 bridgehead atoms. The van der Waals surface area contributed by atoms with Gasteiger partial charge in [0.05, 0.1) is 6.54 Å². The van der Waals surface area contributed by atoms with Crippen LogP contribution in [0.25, 0.3) is 0 Å². The molecule has 1 aliphatic rings. The summed E-state index contributed by atoms with van der Waals surface area (Å²) >= 11 is 0. The Hall–Kier alpha value is -2.96. The lowest BCUT2D eigenvalue weighted by atomic mass is 9.96. The number of likely N-dealkylation sites (tertiary alicyclic amines) is 1. The van der Waals surface area contributed by atoms with Gasteiger partial charge in [-0.05, 0) is 24.5 Å². The van der Waals surface area contributed by atoms with Gasteiger partial charge in [0.15, 0.2) is 12.1 Å². The summed E-state index contributed by atoms with van der Waals surface area (Å²) in [6, 6.07) is 4.00. The van der Waals surface area contributed by atoms with Crippen molar-refractivity contribution in [3.63, 3.8) is 0 Å². The molecule has 0 saturated carbocycles. The van der Waals surface area contributed by atoms with Crippen molar-refractivity contribution in [3.8, 4) is 0 Å². The Morgan fingerprint density at radius 1 is 1.33 bits per heavy atom. The minimum atomic E-state index is -0.0457. The van der Waals surface area contributed by atoms with Crippen molar-refractivity contribution in [1.82, 2.24) is 24.4 Å². The molecule has 1 aliphatic heterocycles. The van der Waals surface area contributed by atoms with E-state index in [9.17, 15) is 4.79 Å². The molecule has 7 nitrogen and oxygen atoms in total. The molecule has 0 aromatic carbocycles. The highest BCUT2D eigenvalue weighted by molar-refractivity contribution is 5.93. The molecule has 4 heterocycles. The molecule has 4 rings (SSSR count). The van der Waals surface area contributed by atoms with Crippen LogP contribution >= 0.6 is 0 Å². The summed E-state index contributed by atoms with van der Waals surface area (Å²) in [5.74, 6) is 1.84. The van der Waals surface area contributed by atoms with Crippen molar-refractivity contribution >= 4 is 5.91 Å². The van der Waals surface area contributed by atoms with Crippen molar-refractivity contribution in [2.75, 3.05) is 13.1 Å². The van der Waals surface area contributed by atoms with Crippen molar-refractivity contribution in [2.24, 2.45) is 0 Å². The number of aromatic nitrogens is 4. The molecule has 1 fully saturated rings. The second-order valence-corrected chi connectivity index (χ2v) is 6.84. The Balaban J connectivity index is 1.51. The fourth-order valence-corrected chi connectivity index (χ4v) is 3.72. The summed E-state index contributed by atoms with van der Waals surface area (Å²) in [5.41, 5.74) is 1.58. The Bertz CT molecular complexity index is 902. The van der Waals surface area contributed by atoms with Crippen molar-refractivity contribution in [2.45, 2.75) is 38.6 Å². The van der Waals surface area contributed by atoms with Gasteiger partial charge in [0.25, 0.3) is 5.91 Å². The zero-order valence-electron chi connectivity index (χ0n) is 15.4. The molecule has 0 N–H and O–H groups in total. The zero-order chi connectivity index (χ0) is 18.6. The smallest absolute Gasteiger partial charge is 0.276 e. The van der Waals surface area contributed by atoms with E-state index in [1.165, 1.54) is 6.39 Å². The van der Waals surface area contributed by atoms with E-state index in [0.29, 0.717) is 24.4 Å². The second-order valence-electron chi connectivity index (χ2n) is 6.84. The Kier molecular flexibility index (Phi) is 5.00. The number of carbonyl (C=O) groups is 1. The van der Waals surface area contributed by atoms with Crippen LogP contribution < -0.4 is 0 Å². The highest BCUT2D eigenvalue weighted by atomic mass is 16.3. The normalized spacial score (nSPS) is 17.2. The van der Waals surface area contributed by atoms with Crippen LogP contribution in [0.1, 0.15) is 53.3 Å². The number of hydrogen-bond acceptors (Lipinski definition) is 5. The van der Waals surface area contributed by atoms with Crippen LogP contribution in [0.2, 0.25) is 0 Å². The summed E-state index contributed by atoms with van der Waals surface area (Å²) in [6.45, 7) is 4.09. The lowest BCUT2D eigenvalue weighted by Gasteiger charge is -2.32. The Morgan fingerprint density at radius 2 is 2.26 bits per heavy atom. The van der Waals surface area contributed by atoms with Gasteiger partial charge in [0, 0.05) is 50.2 Å². The second kappa shape index (κ2) is 7.73. The maximum absolute atomic E-state index is 12.9. The Morgan fingerprint density at radius 3 is 3.07 bits per heavy atom. The lowest BCUT2D eigenvalue weighted by molar-refractivity contribution is 0.0696. The molecule has 1 atom stereocenters. The molecule has 140 valence electrons. The first-order chi connectivity index (χ1) is 13.3. The van der Waals surface area contributed by atoms with Gasteiger partial charge >= 0.3 is 0 Å². The van der Waals surface area contributed by atoms with Crippen LogP contribution in [-0.4, -0.2) is 43.4 Å². The summed E-state index contributed by atoms with van der Waals surface area (Å²) in [7, 11) is 0. The first-order valence-corrected chi connectivity index (χ1v) is 9.37. The monoisotopic (exact) mass is 365 g/mol. The summed E-state index contributed by atoms with van der Waals surface area (Å²) in [6.07, 6.45) is 11.5. The van der Waals surface area contributed by atoms with E-state index >= 15 is 0 Å². The van der Waals surface area contributed by atoms with E-state index in [4.69, 9.17) is 4.42 Å². The van der Waals surface area contributed by atoms with Crippen LogP contribution in [0.15, 0.2) is 47.7 Å². The van der Waals surface area contributed by atoms with E-state index in [0.717, 1.165) is 37.3 Å². The third kappa shape index (κ3) is 3.63. The highest BCUT2D eigenvalue weighted by Crippen LogP contribution is 2.27. The number of imidazole rings is 1. The lowest BCUT2D eigenvalue weighted by Crippen LogP contribution is -2.40. The largest absolute Gasteiger partial charge is 0.448 e. The van der Waals surface area contributed by atoms with Crippen LogP contribution in [-0.2, 0) is 13.0 Å². The number of aryl methyl sites for hydroxylation is 1. The summed E-state index contributed by atoms with van der Waals surface area (Å²) < 4.78 is 7.49. The number of hydrogen-bond donors (Lipinski definition) is 0. The van der Waals surface area contributed by atoms with Crippen LogP contribution in [0, 0.1) is 0 Å². The van der Waals surface area contributed by atoms with Gasteiger partial charge < -0.3 is 13.9 Å². The molecule has 1 amide bonds. The molecular formula is C20H23N5O2. The standard InChI is InChI=1S/C20H23N5O2/c1-2-17-18(23-14-27-17)20(26)25-9-4-6-16(13-25)19-22-8-10-24(19)12-15-5-3-7-21-11-15/h3,5,7-8,10-11,14,16H,2,4,6,9,12-13H2,1H3. The maximum Gasteiger partial charge on any atom is 0.276 e. The number of amides is 1. The predicted molar refractivity (Wildman–Crippen MR) is 99.3 cm³/mol. The molecule has 27 heavy (non-hydrogen) atoms. The number of rotatable bonds is 5. The van der Waals surface area contributed by atoms with Gasteiger partial charge in [0.2, 0.25) is 0 Å². The summed E-state index contributed by atoms with van der Waals surface area (Å²) in [5, 5.41) is 0. The molecule has 0 aliphatic carbocycles. The maximum atomic E-state index is 12.9. The molecular weight excluding hydrogens is 342 g/mol. The van der Waals surface area contributed by atoms with E-state index in [-0.39, 0.29) is 11.8 Å². The molecule has 0 radical (unpaired) electrons. The van der Waals surface area contributed by atoms with Crippen molar-refractivity contribution in [3.05, 3.63) is 66.2 Å². The van der Waals surface area contributed by atoms with Gasteiger partial charge in [-0.15, -0.1) is 0 Å². The number of nitrogens with zero attached hydrogens (tertiary/aromatic N) is 5. The molecule has 0 spiro atoms. The van der Waals surface area contributed by atoms with Crippen molar-refractivity contribution in [1.29, 1.82) is 0 Å². The fraction of sp³-hybridized carbons (Fsp3) is 0.400. The molecule has 1 saturated heterocycles. The quantitative estimate of drug-likeness (QED) is 0.695. The summed E-state index contributed by atoms with van der Waals surface area (Å²) in [4.78, 5) is 27.7. The van der Waals surface area contributed by atoms with E-state index in [1.807, 2.05) is 36.5 Å². The van der Waals surface area contributed by atoms with E-state index in [1.54, 1.807) is 6.20 Å². The van der Waals surface area contributed by atoms with E-state index < -0.39 is 0 Å². The van der Waals surface area contributed by atoms with Crippen molar-refractivity contribution < 1.29 is 9.21 Å². The van der Waals surface area contributed by atoms with Gasteiger partial charge in [-0.3, -0.25) is 9.78 Å². The molecule has 1 unspecified atom stereocenters. The predicted octanol–water partition coefficient (Wildman–Crippen LogP) is 2.90. The fourth-order valence-electron chi connectivity index (χ4n) is 3.72. The average Bonchev–Trinajstić information content (AvgIpc) is 3.37.